The van der Waals surface area contributed by atoms with Gasteiger partial charge in [-0.15, -0.1) is 13.2 Å². The summed E-state index contributed by atoms with van der Waals surface area (Å²) in [6, 6.07) is 15.7. The van der Waals surface area contributed by atoms with Gasteiger partial charge in [-0.2, -0.15) is 0 Å². The number of hydrogen-bond acceptors (Lipinski definition) is 5. The Hall–Kier alpha value is -3.89. The third-order valence-electron chi connectivity index (χ3n) is 6.17. The predicted molar refractivity (Wildman–Crippen MR) is 138 cm³/mol. The Balaban J connectivity index is 1.68. The van der Waals surface area contributed by atoms with E-state index in [-0.39, 0.29) is 58.3 Å². The molecule has 206 valence electrons. The normalized spacial score (nSPS) is 12.5. The van der Waals surface area contributed by atoms with Gasteiger partial charge in [0.2, 0.25) is 0 Å². The third-order valence-corrected chi connectivity index (χ3v) is 6.17. The van der Waals surface area contributed by atoms with Crippen molar-refractivity contribution in [1.29, 1.82) is 0 Å². The van der Waals surface area contributed by atoms with Gasteiger partial charge in [0.25, 0.3) is 0 Å². The highest BCUT2D eigenvalue weighted by atomic mass is 19.4. The summed E-state index contributed by atoms with van der Waals surface area (Å²) in [6.07, 6.45) is -4.26. The molecule has 4 aromatic rings. The fraction of sp³-hybridized carbons (Fsp3) is 0.276. The van der Waals surface area contributed by atoms with E-state index in [1.165, 1.54) is 31.4 Å². The summed E-state index contributed by atoms with van der Waals surface area (Å²) in [5, 5.41) is 0.234. The molecule has 2 N–H and O–H groups in total. The van der Waals surface area contributed by atoms with Crippen molar-refractivity contribution in [2.75, 3.05) is 13.7 Å². The number of aromatic nitrogens is 1. The van der Waals surface area contributed by atoms with Crippen LogP contribution >= 0.6 is 0 Å². The average molecular weight is 545 g/mol. The largest absolute Gasteiger partial charge is 0.489 e. The zero-order valence-electron chi connectivity index (χ0n) is 21.4. The number of alkyl halides is 3. The monoisotopic (exact) mass is 544 g/mol. The first-order chi connectivity index (χ1) is 18.6. The zero-order chi connectivity index (χ0) is 28.2. The van der Waals surface area contributed by atoms with Crippen molar-refractivity contribution in [3.63, 3.8) is 0 Å². The van der Waals surface area contributed by atoms with Gasteiger partial charge in [-0.25, -0.2) is 4.39 Å². The summed E-state index contributed by atoms with van der Waals surface area (Å²) in [7, 11) is 1.51. The standard InChI is InChI=1S/C29H28F4N2O4/c1-18(16-37-2)39-27(36)14-20-6-3-4-9-26(20)38-17-19-12-24(23-8-5-7-21(15-34)28(23)30)22-10-11-35(25(22)13-19)29(31,32)33/h3-13,18H,14-17,34H2,1-2H3. The molecule has 1 atom stereocenters. The molecule has 0 radical (unpaired) electrons. The Bertz CT molecular complexity index is 1470. The Morgan fingerprint density at radius 3 is 2.49 bits per heavy atom. The van der Waals surface area contributed by atoms with Gasteiger partial charge in [0.05, 0.1) is 18.5 Å². The predicted octanol–water partition coefficient (Wildman–Crippen LogP) is 6.08. The second-order valence-corrected chi connectivity index (χ2v) is 9.04. The van der Waals surface area contributed by atoms with Crippen LogP contribution in [-0.2, 0) is 40.1 Å². The van der Waals surface area contributed by atoms with E-state index in [0.717, 1.165) is 6.20 Å². The van der Waals surface area contributed by atoms with Crippen molar-refractivity contribution in [2.45, 2.75) is 38.9 Å². The van der Waals surface area contributed by atoms with Crippen LogP contribution in [0.25, 0.3) is 22.0 Å². The van der Waals surface area contributed by atoms with E-state index >= 15 is 4.39 Å². The molecule has 3 aromatic carbocycles. The molecule has 0 saturated carbocycles. The lowest BCUT2D eigenvalue weighted by Crippen LogP contribution is -2.21. The van der Waals surface area contributed by atoms with Crippen molar-refractivity contribution in [3.05, 3.63) is 89.4 Å². The molecule has 0 aliphatic rings. The number of para-hydroxylation sites is 1. The number of hydrogen-bond donors (Lipinski definition) is 1. The van der Waals surface area contributed by atoms with Crippen LogP contribution in [0.5, 0.6) is 5.75 Å². The van der Waals surface area contributed by atoms with Crippen LogP contribution in [0.15, 0.2) is 66.9 Å². The number of nitrogens with zero attached hydrogens (tertiary/aromatic N) is 1. The highest BCUT2D eigenvalue weighted by molar-refractivity contribution is 5.96. The molecule has 1 heterocycles. The number of carbonyl (C=O) groups is 1. The van der Waals surface area contributed by atoms with E-state index in [1.807, 2.05) is 0 Å². The fourth-order valence-corrected chi connectivity index (χ4v) is 4.41. The molecule has 0 spiro atoms. The van der Waals surface area contributed by atoms with Crippen LogP contribution in [0.4, 0.5) is 17.6 Å². The number of methoxy groups -OCH3 is 1. The number of fused-ring (bicyclic) bond motifs is 1. The number of nitrogens with two attached hydrogens (primary N) is 1. The van der Waals surface area contributed by atoms with Gasteiger partial charge < -0.3 is 19.9 Å². The molecular formula is C29H28F4N2O4. The van der Waals surface area contributed by atoms with Gasteiger partial charge in [-0.05, 0) is 42.3 Å². The smallest absolute Gasteiger partial charge is 0.488 e. The van der Waals surface area contributed by atoms with Crippen LogP contribution in [0, 0.1) is 5.82 Å². The minimum Gasteiger partial charge on any atom is -0.489 e. The van der Waals surface area contributed by atoms with Gasteiger partial charge in [-0.1, -0.05) is 36.4 Å². The topological polar surface area (TPSA) is 75.7 Å². The van der Waals surface area contributed by atoms with Crippen LogP contribution in [0.1, 0.15) is 23.6 Å². The van der Waals surface area contributed by atoms with Crippen LogP contribution in [-0.4, -0.2) is 30.4 Å². The van der Waals surface area contributed by atoms with Gasteiger partial charge in [-0.3, -0.25) is 9.36 Å². The van der Waals surface area contributed by atoms with Gasteiger partial charge >= 0.3 is 12.3 Å². The van der Waals surface area contributed by atoms with Gasteiger partial charge in [0, 0.05) is 41.9 Å². The fourth-order valence-electron chi connectivity index (χ4n) is 4.41. The molecule has 10 heteroatoms. The molecule has 1 aromatic heterocycles. The minimum atomic E-state index is -4.68. The first kappa shape index (κ1) is 28.1. The quantitative estimate of drug-likeness (QED) is 0.193. The van der Waals surface area contributed by atoms with Gasteiger partial charge in [0.15, 0.2) is 0 Å². The number of esters is 1. The minimum absolute atomic E-state index is 0.0569. The van der Waals surface area contributed by atoms with E-state index < -0.39 is 24.2 Å². The maximum Gasteiger partial charge on any atom is 0.488 e. The highest BCUT2D eigenvalue weighted by Gasteiger charge is 2.32. The van der Waals surface area contributed by atoms with Crippen molar-refractivity contribution in [2.24, 2.45) is 5.73 Å². The number of ether oxygens (including phenoxy) is 3. The molecule has 0 amide bonds. The summed E-state index contributed by atoms with van der Waals surface area (Å²) in [5.41, 5.74) is 7.11. The second kappa shape index (κ2) is 11.9. The summed E-state index contributed by atoms with van der Waals surface area (Å²) < 4.78 is 73.0. The van der Waals surface area contributed by atoms with Crippen LogP contribution < -0.4 is 10.5 Å². The molecule has 0 aliphatic heterocycles. The summed E-state index contributed by atoms with van der Waals surface area (Å²) in [4.78, 5) is 12.4. The van der Waals surface area contributed by atoms with E-state index in [1.54, 1.807) is 43.3 Å². The molecular weight excluding hydrogens is 516 g/mol. The zero-order valence-corrected chi connectivity index (χ0v) is 21.4. The number of halogens is 4. The Morgan fingerprint density at radius 2 is 1.77 bits per heavy atom. The van der Waals surface area contributed by atoms with Crippen molar-refractivity contribution >= 4 is 16.9 Å². The first-order valence-corrected chi connectivity index (χ1v) is 12.2. The Labute approximate surface area is 222 Å². The third kappa shape index (κ3) is 6.40. The van der Waals surface area contributed by atoms with Crippen molar-refractivity contribution in [1.82, 2.24) is 4.57 Å². The Kier molecular flexibility index (Phi) is 8.57. The number of rotatable bonds is 10. The molecule has 4 rings (SSSR count). The summed E-state index contributed by atoms with van der Waals surface area (Å²) in [5.74, 6) is -0.693. The molecule has 6 nitrogen and oxygen atoms in total. The van der Waals surface area contributed by atoms with Crippen molar-refractivity contribution < 1.29 is 36.6 Å². The Morgan fingerprint density at radius 1 is 1.03 bits per heavy atom. The van der Waals surface area contributed by atoms with E-state index in [9.17, 15) is 18.0 Å². The van der Waals surface area contributed by atoms with E-state index in [2.05, 4.69) is 0 Å². The van der Waals surface area contributed by atoms with Crippen LogP contribution in [0.3, 0.4) is 0 Å². The molecule has 0 saturated heterocycles. The second-order valence-electron chi connectivity index (χ2n) is 9.04. The van der Waals surface area contributed by atoms with Gasteiger partial charge in [0.1, 0.15) is 24.3 Å². The SMILES string of the molecule is COCC(C)OC(=O)Cc1ccccc1OCc1cc(-c2cccc(CN)c2F)c2ccn(C(F)(F)F)c2c1. The summed E-state index contributed by atoms with van der Waals surface area (Å²) >= 11 is 0. The lowest BCUT2D eigenvalue weighted by atomic mass is 9.97. The maximum atomic E-state index is 15.2. The lowest BCUT2D eigenvalue weighted by Gasteiger charge is -2.16. The van der Waals surface area contributed by atoms with E-state index in [4.69, 9.17) is 19.9 Å². The highest BCUT2D eigenvalue weighted by Crippen LogP contribution is 2.37. The number of benzene rings is 3. The molecule has 0 fully saturated rings. The van der Waals surface area contributed by atoms with Crippen LogP contribution in [0.2, 0.25) is 0 Å². The molecule has 0 bridgehead atoms. The molecule has 1 unspecified atom stereocenters. The lowest BCUT2D eigenvalue weighted by molar-refractivity contribution is -0.200. The summed E-state index contributed by atoms with van der Waals surface area (Å²) in [6.45, 7) is 1.78. The van der Waals surface area contributed by atoms with Crippen molar-refractivity contribution in [3.8, 4) is 16.9 Å². The first-order valence-electron chi connectivity index (χ1n) is 12.2. The molecule has 39 heavy (non-hydrogen) atoms. The molecule has 0 aliphatic carbocycles. The number of carbonyl (C=O) groups excluding carboxylic acids is 1. The average Bonchev–Trinajstić information content (AvgIpc) is 3.33. The van der Waals surface area contributed by atoms with E-state index in [0.29, 0.717) is 16.9 Å². The maximum absolute atomic E-state index is 15.2.